The van der Waals surface area contributed by atoms with Crippen LogP contribution in [-0.4, -0.2) is 40.8 Å². The molecule has 9 heteroatoms. The average molecular weight is 425 g/mol. The molecule has 1 amide bonds. The Balaban J connectivity index is 0.00000240. The molecule has 2 unspecified atom stereocenters. The fraction of sp³-hybridized carbons (Fsp3) is 0.300. The van der Waals surface area contributed by atoms with Gasteiger partial charge in [-0.15, -0.1) is 12.4 Å². The van der Waals surface area contributed by atoms with Crippen LogP contribution in [0.2, 0.25) is 0 Å². The molecule has 0 spiro atoms. The van der Waals surface area contributed by atoms with Crippen LogP contribution in [0.15, 0.2) is 42.7 Å². The molecule has 1 fully saturated rings. The predicted molar refractivity (Wildman–Crippen MR) is 106 cm³/mol. The van der Waals surface area contributed by atoms with E-state index in [9.17, 15) is 18.0 Å². The van der Waals surface area contributed by atoms with Gasteiger partial charge in [-0.25, -0.2) is 13.8 Å². The third kappa shape index (κ3) is 4.38. The summed E-state index contributed by atoms with van der Waals surface area (Å²) in [5, 5.41) is 5.78. The SMILES string of the molecule is Cl.O=C(NC1CCNCC1F)c1cn(Cc2ccnc(F)c2)c2cccc(F)c12. The summed E-state index contributed by atoms with van der Waals surface area (Å²) in [6.07, 6.45) is 2.14. The minimum absolute atomic E-state index is 0. The maximum absolute atomic E-state index is 14.5. The topological polar surface area (TPSA) is 59.0 Å². The number of carbonyl (C=O) groups is 1. The molecule has 2 atom stereocenters. The molecule has 5 nitrogen and oxygen atoms in total. The Morgan fingerprint density at radius 2 is 2.14 bits per heavy atom. The van der Waals surface area contributed by atoms with Gasteiger partial charge in [0.25, 0.3) is 5.91 Å². The highest BCUT2D eigenvalue weighted by molar-refractivity contribution is 6.07. The lowest BCUT2D eigenvalue weighted by Gasteiger charge is -2.27. The zero-order valence-electron chi connectivity index (χ0n) is 15.4. The standard InChI is InChI=1S/C20H19F3N4O.ClH/c21-14-2-1-3-17-19(14)13(20(28)26-16-5-6-24-9-15(16)22)11-27(17)10-12-4-7-25-18(23)8-12;/h1-4,7-8,11,15-16,24H,5-6,9-10H2,(H,26,28);1H. The number of pyridine rings is 1. The summed E-state index contributed by atoms with van der Waals surface area (Å²) in [6.45, 7) is 1.02. The van der Waals surface area contributed by atoms with Crippen molar-refractivity contribution < 1.29 is 18.0 Å². The maximum Gasteiger partial charge on any atom is 0.253 e. The van der Waals surface area contributed by atoms with E-state index < -0.39 is 29.9 Å². The fourth-order valence-electron chi connectivity index (χ4n) is 3.58. The van der Waals surface area contributed by atoms with E-state index in [0.29, 0.717) is 24.0 Å². The minimum Gasteiger partial charge on any atom is -0.346 e. The fourth-order valence-corrected chi connectivity index (χ4v) is 3.58. The van der Waals surface area contributed by atoms with E-state index in [1.54, 1.807) is 22.8 Å². The molecule has 1 aromatic carbocycles. The van der Waals surface area contributed by atoms with Gasteiger partial charge in [-0.2, -0.15) is 4.39 Å². The molecule has 1 aliphatic rings. The maximum atomic E-state index is 14.5. The lowest BCUT2D eigenvalue weighted by Crippen LogP contribution is -2.50. The van der Waals surface area contributed by atoms with Crippen LogP contribution in [0.25, 0.3) is 10.9 Å². The molecule has 0 saturated carbocycles. The molecule has 1 saturated heterocycles. The highest BCUT2D eigenvalue weighted by Gasteiger charge is 2.28. The van der Waals surface area contributed by atoms with Crippen molar-refractivity contribution in [3.8, 4) is 0 Å². The number of benzene rings is 1. The first kappa shape index (κ1) is 21.1. The van der Waals surface area contributed by atoms with Crippen LogP contribution in [0, 0.1) is 11.8 Å². The van der Waals surface area contributed by atoms with Crippen molar-refractivity contribution in [2.45, 2.75) is 25.2 Å². The number of nitrogens with zero attached hydrogens (tertiary/aromatic N) is 2. The van der Waals surface area contributed by atoms with Gasteiger partial charge >= 0.3 is 0 Å². The third-order valence-electron chi connectivity index (χ3n) is 4.97. The normalized spacial score (nSPS) is 19.0. The van der Waals surface area contributed by atoms with Gasteiger partial charge in [0.1, 0.15) is 12.0 Å². The van der Waals surface area contributed by atoms with Crippen LogP contribution in [0.3, 0.4) is 0 Å². The van der Waals surface area contributed by atoms with Crippen LogP contribution in [0.5, 0.6) is 0 Å². The smallest absolute Gasteiger partial charge is 0.253 e. The number of halogens is 4. The first-order valence-corrected chi connectivity index (χ1v) is 9.06. The van der Waals surface area contributed by atoms with E-state index in [-0.39, 0.29) is 36.4 Å². The molecule has 0 bridgehead atoms. The van der Waals surface area contributed by atoms with Gasteiger partial charge in [-0.05, 0) is 42.8 Å². The molecule has 0 aliphatic carbocycles. The van der Waals surface area contributed by atoms with E-state index in [2.05, 4.69) is 15.6 Å². The van der Waals surface area contributed by atoms with Gasteiger partial charge in [-0.1, -0.05) is 6.07 Å². The summed E-state index contributed by atoms with van der Waals surface area (Å²) in [5.41, 5.74) is 1.26. The molecular weight excluding hydrogens is 405 g/mol. The van der Waals surface area contributed by atoms with Gasteiger partial charge in [0, 0.05) is 30.9 Å². The van der Waals surface area contributed by atoms with Crippen molar-refractivity contribution in [1.29, 1.82) is 0 Å². The second kappa shape index (κ2) is 8.84. The van der Waals surface area contributed by atoms with Gasteiger partial charge in [0.05, 0.1) is 17.1 Å². The van der Waals surface area contributed by atoms with E-state index in [1.807, 2.05) is 0 Å². The van der Waals surface area contributed by atoms with Gasteiger partial charge in [-0.3, -0.25) is 4.79 Å². The van der Waals surface area contributed by atoms with Crippen LogP contribution < -0.4 is 10.6 Å². The molecule has 29 heavy (non-hydrogen) atoms. The highest BCUT2D eigenvalue weighted by Crippen LogP contribution is 2.26. The van der Waals surface area contributed by atoms with Crippen molar-refractivity contribution in [1.82, 2.24) is 20.2 Å². The van der Waals surface area contributed by atoms with Crippen molar-refractivity contribution in [3.05, 3.63) is 65.6 Å². The molecule has 154 valence electrons. The van der Waals surface area contributed by atoms with Crippen LogP contribution >= 0.6 is 12.4 Å². The number of carbonyl (C=O) groups excluding carboxylic acids is 1. The quantitative estimate of drug-likeness (QED) is 0.632. The number of hydrogen-bond donors (Lipinski definition) is 2. The second-order valence-corrected chi connectivity index (χ2v) is 6.88. The van der Waals surface area contributed by atoms with Gasteiger partial charge in [0.2, 0.25) is 5.95 Å². The van der Waals surface area contributed by atoms with Crippen LogP contribution in [0.1, 0.15) is 22.3 Å². The molecule has 2 N–H and O–H groups in total. The number of hydrogen-bond acceptors (Lipinski definition) is 3. The molecular formula is C20H20ClF3N4O. The zero-order valence-corrected chi connectivity index (χ0v) is 16.2. The second-order valence-electron chi connectivity index (χ2n) is 6.88. The Morgan fingerprint density at radius 3 is 2.90 bits per heavy atom. The van der Waals surface area contributed by atoms with E-state index in [4.69, 9.17) is 0 Å². The molecule has 2 aromatic heterocycles. The van der Waals surface area contributed by atoms with E-state index in [0.717, 1.165) is 0 Å². The Morgan fingerprint density at radius 1 is 1.31 bits per heavy atom. The van der Waals surface area contributed by atoms with Gasteiger partial charge < -0.3 is 15.2 Å². The lowest BCUT2D eigenvalue weighted by molar-refractivity contribution is 0.0893. The number of piperidine rings is 1. The molecule has 4 rings (SSSR count). The lowest BCUT2D eigenvalue weighted by atomic mass is 10.0. The number of amides is 1. The third-order valence-corrected chi connectivity index (χ3v) is 4.97. The summed E-state index contributed by atoms with van der Waals surface area (Å²) in [5.74, 6) is -1.67. The largest absolute Gasteiger partial charge is 0.346 e. The number of rotatable bonds is 4. The number of fused-ring (bicyclic) bond motifs is 1. The molecule has 0 radical (unpaired) electrons. The van der Waals surface area contributed by atoms with Crippen molar-refractivity contribution in [2.24, 2.45) is 0 Å². The van der Waals surface area contributed by atoms with Gasteiger partial charge in [0.15, 0.2) is 0 Å². The highest BCUT2D eigenvalue weighted by atomic mass is 35.5. The van der Waals surface area contributed by atoms with Crippen molar-refractivity contribution >= 4 is 29.2 Å². The summed E-state index contributed by atoms with van der Waals surface area (Å²) in [4.78, 5) is 16.3. The number of alkyl halides is 1. The summed E-state index contributed by atoms with van der Waals surface area (Å²) >= 11 is 0. The molecule has 3 heterocycles. The minimum atomic E-state index is -1.20. The van der Waals surface area contributed by atoms with Crippen molar-refractivity contribution in [2.75, 3.05) is 13.1 Å². The number of aromatic nitrogens is 2. The summed E-state index contributed by atoms with van der Waals surface area (Å²) in [7, 11) is 0. The monoisotopic (exact) mass is 424 g/mol. The first-order chi connectivity index (χ1) is 13.5. The number of nitrogens with one attached hydrogen (secondary N) is 2. The first-order valence-electron chi connectivity index (χ1n) is 9.06. The van der Waals surface area contributed by atoms with Crippen molar-refractivity contribution in [3.63, 3.8) is 0 Å². The Kier molecular flexibility index (Phi) is 6.44. The Hall–Kier alpha value is -2.58. The van der Waals surface area contributed by atoms with Crippen LogP contribution in [0.4, 0.5) is 13.2 Å². The summed E-state index contributed by atoms with van der Waals surface area (Å²) in [6, 6.07) is 6.83. The predicted octanol–water partition coefficient (Wildman–Crippen LogP) is 3.21. The van der Waals surface area contributed by atoms with E-state index >= 15 is 0 Å². The molecule has 1 aliphatic heterocycles. The Labute approximate surface area is 171 Å². The Bertz CT molecular complexity index is 1030. The van der Waals surface area contributed by atoms with E-state index in [1.165, 1.54) is 24.5 Å². The van der Waals surface area contributed by atoms with Crippen LogP contribution in [-0.2, 0) is 6.54 Å². The zero-order chi connectivity index (χ0) is 19.7. The summed E-state index contributed by atoms with van der Waals surface area (Å²) < 4.78 is 43.7. The molecule has 3 aromatic rings. The average Bonchev–Trinajstić information content (AvgIpc) is 3.04.